The topological polar surface area (TPSA) is 41.7 Å². The third-order valence-electron chi connectivity index (χ3n) is 6.44. The Morgan fingerprint density at radius 2 is 1.53 bits per heavy atom. The number of aromatic nitrogens is 1. The van der Waals surface area contributed by atoms with Crippen LogP contribution in [0, 0.1) is 0 Å². The molecular weight excluding hydrogens is 368 g/mol. The SMILES string of the molecule is c1ccc(CCn2cccc/c2=N\C(=N/C2CCCCC2)NC2CCCCC2)cc1. The highest BCUT2D eigenvalue weighted by Crippen LogP contribution is 2.21. The maximum atomic E-state index is 5.11. The van der Waals surface area contributed by atoms with Crippen LogP contribution in [0.15, 0.2) is 64.7 Å². The van der Waals surface area contributed by atoms with Gasteiger partial charge in [-0.3, -0.25) is 0 Å². The van der Waals surface area contributed by atoms with Crippen molar-refractivity contribution in [2.24, 2.45) is 9.98 Å². The number of nitrogens with one attached hydrogen (secondary N) is 1. The Balaban J connectivity index is 1.56. The van der Waals surface area contributed by atoms with E-state index >= 15 is 0 Å². The molecule has 2 fully saturated rings. The molecule has 1 N–H and O–H groups in total. The van der Waals surface area contributed by atoms with Crippen LogP contribution < -0.4 is 10.8 Å². The van der Waals surface area contributed by atoms with Gasteiger partial charge in [0.05, 0.1) is 6.04 Å². The normalized spacial score (nSPS) is 19.7. The predicted molar refractivity (Wildman–Crippen MR) is 124 cm³/mol. The van der Waals surface area contributed by atoms with E-state index in [0.717, 1.165) is 24.4 Å². The van der Waals surface area contributed by atoms with E-state index in [1.165, 1.54) is 69.8 Å². The number of aryl methyl sites for hydroxylation is 2. The van der Waals surface area contributed by atoms with E-state index in [4.69, 9.17) is 9.98 Å². The monoisotopic (exact) mass is 404 g/mol. The summed E-state index contributed by atoms with van der Waals surface area (Å²) in [5.74, 6) is 0.855. The zero-order valence-corrected chi connectivity index (χ0v) is 18.2. The molecule has 1 aromatic heterocycles. The highest BCUT2D eigenvalue weighted by Gasteiger charge is 2.17. The smallest absolute Gasteiger partial charge is 0.220 e. The first-order chi connectivity index (χ1) is 14.9. The zero-order chi connectivity index (χ0) is 20.4. The summed E-state index contributed by atoms with van der Waals surface area (Å²) < 4.78 is 2.26. The van der Waals surface area contributed by atoms with E-state index in [2.05, 4.69) is 64.6 Å². The third kappa shape index (κ3) is 6.32. The van der Waals surface area contributed by atoms with Crippen LogP contribution in [-0.4, -0.2) is 22.6 Å². The Kier molecular flexibility index (Phi) is 7.76. The third-order valence-corrected chi connectivity index (χ3v) is 6.44. The Labute approximate surface area is 181 Å². The van der Waals surface area contributed by atoms with E-state index in [-0.39, 0.29) is 0 Å². The lowest BCUT2D eigenvalue weighted by Gasteiger charge is -2.25. The van der Waals surface area contributed by atoms with Crippen molar-refractivity contribution in [2.45, 2.75) is 89.3 Å². The number of hydrogen-bond donors (Lipinski definition) is 1. The van der Waals surface area contributed by atoms with Gasteiger partial charge in [0.2, 0.25) is 5.96 Å². The fourth-order valence-corrected chi connectivity index (χ4v) is 4.67. The van der Waals surface area contributed by atoms with Crippen LogP contribution >= 0.6 is 0 Å². The van der Waals surface area contributed by atoms with Crippen molar-refractivity contribution in [2.75, 3.05) is 0 Å². The van der Waals surface area contributed by atoms with Crippen molar-refractivity contribution in [1.29, 1.82) is 0 Å². The fraction of sp³-hybridized carbons (Fsp3) is 0.538. The van der Waals surface area contributed by atoms with Crippen LogP contribution in [0.3, 0.4) is 0 Å². The Morgan fingerprint density at radius 3 is 2.30 bits per heavy atom. The molecule has 2 aromatic rings. The summed E-state index contributed by atoms with van der Waals surface area (Å²) in [5, 5.41) is 3.72. The van der Waals surface area contributed by atoms with Gasteiger partial charge >= 0.3 is 0 Å². The van der Waals surface area contributed by atoms with Crippen LogP contribution in [0.2, 0.25) is 0 Å². The molecular formula is C26H36N4. The van der Waals surface area contributed by atoms with Crippen molar-refractivity contribution in [3.63, 3.8) is 0 Å². The molecule has 160 valence electrons. The molecule has 0 radical (unpaired) electrons. The minimum absolute atomic E-state index is 0.426. The molecule has 2 saturated carbocycles. The number of nitrogens with zero attached hydrogens (tertiary/aromatic N) is 3. The Hall–Kier alpha value is -2.36. The Bertz CT molecular complexity index is 856. The summed E-state index contributed by atoms with van der Waals surface area (Å²) in [4.78, 5) is 10.2. The molecule has 0 spiro atoms. The minimum Gasteiger partial charge on any atom is -0.352 e. The van der Waals surface area contributed by atoms with Gasteiger partial charge < -0.3 is 9.88 Å². The van der Waals surface area contributed by atoms with Gasteiger partial charge in [0, 0.05) is 18.8 Å². The molecule has 0 unspecified atom stereocenters. The average molecular weight is 405 g/mol. The first kappa shape index (κ1) is 20.9. The lowest BCUT2D eigenvalue weighted by Crippen LogP contribution is -2.38. The van der Waals surface area contributed by atoms with Crippen LogP contribution in [0.5, 0.6) is 0 Å². The summed E-state index contributed by atoms with van der Waals surface area (Å²) in [6, 6.07) is 17.9. The van der Waals surface area contributed by atoms with Gasteiger partial charge in [-0.25, -0.2) is 4.99 Å². The predicted octanol–water partition coefficient (Wildman–Crippen LogP) is 5.24. The minimum atomic E-state index is 0.426. The summed E-state index contributed by atoms with van der Waals surface area (Å²) in [5.41, 5.74) is 2.35. The number of guanidine groups is 1. The summed E-state index contributed by atoms with van der Waals surface area (Å²) in [6.07, 6.45) is 16.0. The molecule has 0 atom stereocenters. The van der Waals surface area contributed by atoms with Gasteiger partial charge in [0.15, 0.2) is 0 Å². The number of benzene rings is 1. The first-order valence-corrected chi connectivity index (χ1v) is 12.0. The second-order valence-corrected chi connectivity index (χ2v) is 8.82. The molecule has 4 nitrogen and oxygen atoms in total. The number of rotatable bonds is 5. The van der Waals surface area contributed by atoms with Gasteiger partial charge in [-0.05, 0) is 49.8 Å². The van der Waals surface area contributed by atoms with Crippen molar-refractivity contribution < 1.29 is 0 Å². The van der Waals surface area contributed by atoms with Crippen molar-refractivity contribution in [3.8, 4) is 0 Å². The molecule has 4 heteroatoms. The largest absolute Gasteiger partial charge is 0.352 e. The highest BCUT2D eigenvalue weighted by molar-refractivity contribution is 5.81. The van der Waals surface area contributed by atoms with Crippen molar-refractivity contribution in [1.82, 2.24) is 9.88 Å². The van der Waals surface area contributed by atoms with Gasteiger partial charge in [0.25, 0.3) is 0 Å². The van der Waals surface area contributed by atoms with E-state index in [1.54, 1.807) is 0 Å². The van der Waals surface area contributed by atoms with E-state index in [9.17, 15) is 0 Å². The molecule has 1 heterocycles. The van der Waals surface area contributed by atoms with Crippen LogP contribution in [-0.2, 0) is 13.0 Å². The molecule has 0 aliphatic heterocycles. The molecule has 0 saturated heterocycles. The summed E-state index contributed by atoms with van der Waals surface area (Å²) in [7, 11) is 0. The van der Waals surface area contributed by atoms with E-state index in [1.807, 2.05) is 0 Å². The quantitative estimate of drug-likeness (QED) is 0.537. The lowest BCUT2D eigenvalue weighted by molar-refractivity contribution is 0.407. The first-order valence-electron chi connectivity index (χ1n) is 12.0. The van der Waals surface area contributed by atoms with E-state index in [0.29, 0.717) is 12.1 Å². The summed E-state index contributed by atoms with van der Waals surface area (Å²) >= 11 is 0. The van der Waals surface area contributed by atoms with Crippen molar-refractivity contribution >= 4 is 5.96 Å². The van der Waals surface area contributed by atoms with Crippen LogP contribution in [0.25, 0.3) is 0 Å². The highest BCUT2D eigenvalue weighted by atomic mass is 15.2. The van der Waals surface area contributed by atoms with Gasteiger partial charge in [-0.2, -0.15) is 4.99 Å². The lowest BCUT2D eigenvalue weighted by atomic mass is 9.95. The number of pyridine rings is 1. The van der Waals surface area contributed by atoms with Gasteiger partial charge in [-0.15, -0.1) is 0 Å². The zero-order valence-electron chi connectivity index (χ0n) is 18.2. The van der Waals surface area contributed by atoms with Crippen LogP contribution in [0.4, 0.5) is 0 Å². The molecule has 0 bridgehead atoms. The molecule has 4 rings (SSSR count). The second-order valence-electron chi connectivity index (χ2n) is 8.82. The molecule has 30 heavy (non-hydrogen) atoms. The molecule has 0 amide bonds. The average Bonchev–Trinajstić information content (AvgIpc) is 2.80. The number of aliphatic imine (C=N–C) groups is 1. The maximum Gasteiger partial charge on any atom is 0.220 e. The molecule has 2 aliphatic rings. The second kappa shape index (κ2) is 11.1. The fourth-order valence-electron chi connectivity index (χ4n) is 4.67. The van der Waals surface area contributed by atoms with E-state index < -0.39 is 0 Å². The number of hydrogen-bond acceptors (Lipinski definition) is 1. The maximum absolute atomic E-state index is 5.11. The molecule has 1 aromatic carbocycles. The van der Waals surface area contributed by atoms with Gasteiger partial charge in [0.1, 0.15) is 5.49 Å². The summed E-state index contributed by atoms with van der Waals surface area (Å²) in [6.45, 7) is 0.920. The standard InChI is InChI=1S/C26H36N4/c1-4-12-22(13-5-1)19-21-30-20-11-10-18-25(30)29-26(27-23-14-6-2-7-15-23)28-24-16-8-3-9-17-24/h1,4-5,10-13,18,20,23-24H,2-3,6-9,14-17,19,21H2,(H,27,28)/b29-25+. The van der Waals surface area contributed by atoms with Crippen molar-refractivity contribution in [3.05, 3.63) is 65.8 Å². The van der Waals surface area contributed by atoms with Crippen LogP contribution in [0.1, 0.15) is 69.8 Å². The molecule has 2 aliphatic carbocycles. The van der Waals surface area contributed by atoms with Gasteiger partial charge in [-0.1, -0.05) is 74.9 Å². The Morgan fingerprint density at radius 1 is 0.833 bits per heavy atom.